The smallest absolute Gasteiger partial charge is 0.310 e. The molecule has 1 aliphatic heterocycles. The molecule has 0 spiro atoms. The van der Waals surface area contributed by atoms with E-state index >= 15 is 0 Å². The van der Waals surface area contributed by atoms with Crippen LogP contribution in [0.25, 0.3) is 0 Å². The molecule has 1 N–H and O–H groups in total. The molecule has 0 aromatic heterocycles. The van der Waals surface area contributed by atoms with E-state index in [2.05, 4.69) is 21.2 Å². The molecule has 0 amide bonds. The van der Waals surface area contributed by atoms with E-state index in [4.69, 9.17) is 4.74 Å². The van der Waals surface area contributed by atoms with Crippen molar-refractivity contribution in [3.8, 4) is 5.75 Å². The van der Waals surface area contributed by atoms with E-state index in [-0.39, 0.29) is 5.69 Å². The summed E-state index contributed by atoms with van der Waals surface area (Å²) in [7, 11) is 0. The topological polar surface area (TPSA) is 64.4 Å². The molecule has 0 radical (unpaired) electrons. The lowest BCUT2D eigenvalue weighted by atomic mass is 10.0. The standard InChI is InChI=1S/C12H15BrN2O3/c13-10-3-4-11(15(16)17)12(6-10)18-8-9-2-1-5-14-7-9/h3-4,6,9,14H,1-2,5,7-8H2. The van der Waals surface area contributed by atoms with Gasteiger partial charge < -0.3 is 10.1 Å². The number of nitrogens with zero attached hydrogens (tertiary/aromatic N) is 1. The van der Waals surface area contributed by atoms with Crippen molar-refractivity contribution in [1.29, 1.82) is 0 Å². The number of hydrogen-bond donors (Lipinski definition) is 1. The Morgan fingerprint density at radius 2 is 2.39 bits per heavy atom. The van der Waals surface area contributed by atoms with Gasteiger partial charge in [-0.15, -0.1) is 0 Å². The van der Waals surface area contributed by atoms with Crippen molar-refractivity contribution in [2.24, 2.45) is 5.92 Å². The molecule has 1 unspecified atom stereocenters. The maximum atomic E-state index is 10.9. The number of ether oxygens (including phenoxy) is 1. The summed E-state index contributed by atoms with van der Waals surface area (Å²) < 4.78 is 6.39. The average molecular weight is 315 g/mol. The highest BCUT2D eigenvalue weighted by molar-refractivity contribution is 9.10. The highest BCUT2D eigenvalue weighted by Gasteiger charge is 2.18. The van der Waals surface area contributed by atoms with E-state index < -0.39 is 4.92 Å². The van der Waals surface area contributed by atoms with E-state index in [9.17, 15) is 10.1 Å². The summed E-state index contributed by atoms with van der Waals surface area (Å²) in [5.41, 5.74) is 0.0157. The minimum absolute atomic E-state index is 0.0157. The van der Waals surface area contributed by atoms with Crippen molar-refractivity contribution >= 4 is 21.6 Å². The van der Waals surface area contributed by atoms with Gasteiger partial charge in [0.25, 0.3) is 0 Å². The van der Waals surface area contributed by atoms with E-state index in [0.717, 1.165) is 30.4 Å². The van der Waals surface area contributed by atoms with Gasteiger partial charge in [0, 0.05) is 29.1 Å². The summed E-state index contributed by atoms with van der Waals surface area (Å²) in [6.45, 7) is 2.49. The molecule has 1 heterocycles. The molecule has 1 aromatic carbocycles. The van der Waals surface area contributed by atoms with Crippen molar-refractivity contribution in [2.75, 3.05) is 19.7 Å². The number of nitrogens with one attached hydrogen (secondary N) is 1. The van der Waals surface area contributed by atoms with E-state index in [1.807, 2.05) is 0 Å². The van der Waals surface area contributed by atoms with Crippen molar-refractivity contribution < 1.29 is 9.66 Å². The highest BCUT2D eigenvalue weighted by atomic mass is 79.9. The third-order valence-corrected chi connectivity index (χ3v) is 3.49. The van der Waals surface area contributed by atoms with Gasteiger partial charge in [0.1, 0.15) is 0 Å². The van der Waals surface area contributed by atoms with Crippen molar-refractivity contribution in [1.82, 2.24) is 5.32 Å². The second kappa shape index (κ2) is 6.15. The summed E-state index contributed by atoms with van der Waals surface area (Å²) in [4.78, 5) is 10.5. The lowest BCUT2D eigenvalue weighted by Crippen LogP contribution is -2.33. The third-order valence-electron chi connectivity index (χ3n) is 2.99. The molecule has 2 rings (SSSR count). The Labute approximate surface area is 114 Å². The first kappa shape index (κ1) is 13.3. The normalized spacial score (nSPS) is 19.5. The van der Waals surface area contributed by atoms with E-state index in [1.54, 1.807) is 12.1 Å². The predicted octanol–water partition coefficient (Wildman–Crippen LogP) is 2.74. The second-order valence-corrected chi connectivity index (χ2v) is 5.31. The number of nitro benzene ring substituents is 1. The van der Waals surface area contributed by atoms with Crippen LogP contribution in [-0.2, 0) is 0 Å². The van der Waals surface area contributed by atoms with E-state index in [1.165, 1.54) is 6.07 Å². The van der Waals surface area contributed by atoms with Crippen molar-refractivity contribution in [2.45, 2.75) is 12.8 Å². The Bertz CT molecular complexity index is 433. The zero-order valence-corrected chi connectivity index (χ0v) is 11.5. The number of benzene rings is 1. The molecular formula is C12H15BrN2O3. The Hall–Kier alpha value is -1.14. The first-order valence-corrected chi connectivity index (χ1v) is 6.73. The number of nitro groups is 1. The molecule has 0 aliphatic carbocycles. The monoisotopic (exact) mass is 314 g/mol. The van der Waals surface area contributed by atoms with Gasteiger partial charge in [0.2, 0.25) is 0 Å². The quantitative estimate of drug-likeness (QED) is 0.685. The summed E-state index contributed by atoms with van der Waals surface area (Å²) in [6, 6.07) is 4.75. The van der Waals surface area contributed by atoms with Crippen LogP contribution < -0.4 is 10.1 Å². The minimum atomic E-state index is -0.416. The molecule has 1 atom stereocenters. The van der Waals surface area contributed by atoms with Crippen LogP contribution in [0.15, 0.2) is 22.7 Å². The van der Waals surface area contributed by atoms with E-state index in [0.29, 0.717) is 18.3 Å². The summed E-state index contributed by atoms with van der Waals surface area (Å²) in [5, 5.41) is 14.2. The second-order valence-electron chi connectivity index (χ2n) is 4.39. The van der Waals surface area contributed by atoms with Crippen LogP contribution in [0.5, 0.6) is 5.75 Å². The molecule has 18 heavy (non-hydrogen) atoms. The SMILES string of the molecule is O=[N+]([O-])c1ccc(Br)cc1OCC1CCCNC1. The zero-order valence-electron chi connectivity index (χ0n) is 9.89. The van der Waals surface area contributed by atoms with Crippen molar-refractivity contribution in [3.05, 3.63) is 32.8 Å². The van der Waals surface area contributed by atoms with Crippen LogP contribution in [0.4, 0.5) is 5.69 Å². The Morgan fingerprint density at radius 3 is 3.06 bits per heavy atom. The van der Waals surface area contributed by atoms with Gasteiger partial charge in [-0.05, 0) is 25.5 Å². The fraction of sp³-hybridized carbons (Fsp3) is 0.500. The summed E-state index contributed by atoms with van der Waals surface area (Å²) >= 11 is 3.30. The van der Waals surface area contributed by atoms with Gasteiger partial charge in [-0.1, -0.05) is 15.9 Å². The number of halogens is 1. The largest absolute Gasteiger partial charge is 0.486 e. The zero-order chi connectivity index (χ0) is 13.0. The molecule has 1 aromatic rings. The van der Waals surface area contributed by atoms with Crippen LogP contribution in [0, 0.1) is 16.0 Å². The van der Waals surface area contributed by atoms with Crippen LogP contribution in [0.1, 0.15) is 12.8 Å². The van der Waals surface area contributed by atoms with Crippen molar-refractivity contribution in [3.63, 3.8) is 0 Å². The molecule has 6 heteroatoms. The molecule has 1 aliphatic rings. The lowest BCUT2D eigenvalue weighted by Gasteiger charge is -2.22. The Kier molecular flexibility index (Phi) is 4.54. The molecule has 5 nitrogen and oxygen atoms in total. The Balaban J connectivity index is 2.03. The number of rotatable bonds is 4. The average Bonchev–Trinajstić information content (AvgIpc) is 2.37. The van der Waals surface area contributed by atoms with Crippen LogP contribution in [0.3, 0.4) is 0 Å². The van der Waals surface area contributed by atoms with Gasteiger partial charge in [0.05, 0.1) is 11.5 Å². The molecule has 0 bridgehead atoms. The molecule has 98 valence electrons. The summed E-state index contributed by atoms with van der Waals surface area (Å²) in [5.74, 6) is 0.761. The van der Waals surface area contributed by atoms with Gasteiger partial charge in [-0.25, -0.2) is 0 Å². The Morgan fingerprint density at radius 1 is 1.56 bits per heavy atom. The number of hydrogen-bond acceptors (Lipinski definition) is 4. The molecule has 1 fully saturated rings. The van der Waals surface area contributed by atoms with Gasteiger partial charge >= 0.3 is 5.69 Å². The third kappa shape index (κ3) is 3.43. The molecular weight excluding hydrogens is 300 g/mol. The number of piperidine rings is 1. The lowest BCUT2D eigenvalue weighted by molar-refractivity contribution is -0.385. The first-order chi connectivity index (χ1) is 8.66. The maximum absolute atomic E-state index is 10.9. The van der Waals surface area contributed by atoms with Gasteiger partial charge in [0.15, 0.2) is 5.75 Å². The summed E-state index contributed by atoms with van der Waals surface area (Å²) in [6.07, 6.45) is 2.24. The predicted molar refractivity (Wildman–Crippen MR) is 71.9 cm³/mol. The van der Waals surface area contributed by atoms with Gasteiger partial charge in [-0.3, -0.25) is 10.1 Å². The van der Waals surface area contributed by atoms with Gasteiger partial charge in [-0.2, -0.15) is 0 Å². The van der Waals surface area contributed by atoms with Crippen LogP contribution in [0.2, 0.25) is 0 Å². The highest BCUT2D eigenvalue weighted by Crippen LogP contribution is 2.30. The van der Waals surface area contributed by atoms with Crippen LogP contribution >= 0.6 is 15.9 Å². The van der Waals surface area contributed by atoms with Crippen LogP contribution in [-0.4, -0.2) is 24.6 Å². The maximum Gasteiger partial charge on any atom is 0.310 e. The molecule has 0 saturated carbocycles. The minimum Gasteiger partial charge on any atom is -0.486 e. The molecule has 1 saturated heterocycles. The fourth-order valence-corrected chi connectivity index (χ4v) is 2.37. The first-order valence-electron chi connectivity index (χ1n) is 5.94. The fourth-order valence-electron chi connectivity index (χ4n) is 2.03.